The van der Waals surface area contributed by atoms with Crippen molar-refractivity contribution >= 4 is 11.8 Å². The molecular weight excluding hydrogens is 398 g/mol. The molecule has 4 rings (SSSR count). The largest absolute Gasteiger partial charge is 0.346 e. The summed E-state index contributed by atoms with van der Waals surface area (Å²) < 4.78 is 0. The van der Waals surface area contributed by atoms with Crippen LogP contribution in [0.15, 0.2) is 42.6 Å². The van der Waals surface area contributed by atoms with Crippen molar-refractivity contribution in [1.82, 2.24) is 15.2 Å². The van der Waals surface area contributed by atoms with Gasteiger partial charge in [-0.2, -0.15) is 0 Å². The summed E-state index contributed by atoms with van der Waals surface area (Å²) in [4.78, 5) is 31.8. The summed E-state index contributed by atoms with van der Waals surface area (Å²) in [6.45, 7) is 6.45. The molecule has 2 heterocycles. The van der Waals surface area contributed by atoms with E-state index in [4.69, 9.17) is 0 Å². The third kappa shape index (κ3) is 5.37. The number of rotatable bonds is 5. The summed E-state index contributed by atoms with van der Waals surface area (Å²) in [6, 6.07) is 10.9. The maximum atomic E-state index is 13.0. The van der Waals surface area contributed by atoms with Crippen LogP contribution < -0.4 is 5.32 Å². The molecule has 1 aliphatic carbocycles. The van der Waals surface area contributed by atoms with E-state index in [-0.39, 0.29) is 11.8 Å². The summed E-state index contributed by atoms with van der Waals surface area (Å²) in [6.07, 6.45) is 9.45. The molecule has 1 aromatic carbocycles. The molecule has 0 radical (unpaired) electrons. The van der Waals surface area contributed by atoms with Gasteiger partial charge in [0.25, 0.3) is 11.8 Å². The Kier molecular flexibility index (Phi) is 7.23. The van der Waals surface area contributed by atoms with E-state index in [0.29, 0.717) is 17.7 Å². The number of aromatic nitrogens is 1. The van der Waals surface area contributed by atoms with E-state index < -0.39 is 0 Å². The number of likely N-dealkylation sites (tertiary alicyclic amines) is 1. The number of amides is 2. The Balaban J connectivity index is 1.28. The smallest absolute Gasteiger partial charge is 0.253 e. The molecule has 1 aromatic heterocycles. The lowest BCUT2D eigenvalue weighted by Gasteiger charge is -2.39. The Labute approximate surface area is 191 Å². The maximum Gasteiger partial charge on any atom is 0.253 e. The molecule has 5 heteroatoms. The van der Waals surface area contributed by atoms with Crippen molar-refractivity contribution in [1.29, 1.82) is 0 Å². The van der Waals surface area contributed by atoms with Crippen molar-refractivity contribution in [2.75, 3.05) is 13.1 Å². The SMILES string of the molecule is Cc1cccnc1CNC(=O)c1ccc(C(=O)N2CCC(C3CCCC(C)C3)CC2)cc1. The van der Waals surface area contributed by atoms with Crippen LogP contribution in [0.2, 0.25) is 0 Å². The van der Waals surface area contributed by atoms with E-state index >= 15 is 0 Å². The molecule has 2 fully saturated rings. The van der Waals surface area contributed by atoms with Gasteiger partial charge in [-0.3, -0.25) is 14.6 Å². The molecule has 1 aliphatic heterocycles. The molecule has 5 nitrogen and oxygen atoms in total. The lowest BCUT2D eigenvalue weighted by atomic mass is 9.72. The number of piperidine rings is 1. The van der Waals surface area contributed by atoms with E-state index in [1.807, 2.05) is 24.0 Å². The zero-order chi connectivity index (χ0) is 22.5. The number of hydrogen-bond acceptors (Lipinski definition) is 3. The molecule has 2 amide bonds. The van der Waals surface area contributed by atoms with Crippen molar-refractivity contribution in [3.05, 3.63) is 65.0 Å². The molecule has 2 aliphatic rings. The maximum absolute atomic E-state index is 13.0. The molecule has 32 heavy (non-hydrogen) atoms. The van der Waals surface area contributed by atoms with Gasteiger partial charge in [-0.1, -0.05) is 32.3 Å². The minimum absolute atomic E-state index is 0.0801. The van der Waals surface area contributed by atoms with E-state index in [1.54, 1.807) is 30.5 Å². The lowest BCUT2D eigenvalue weighted by molar-refractivity contribution is 0.0622. The highest BCUT2D eigenvalue weighted by Crippen LogP contribution is 2.38. The van der Waals surface area contributed by atoms with E-state index in [2.05, 4.69) is 17.2 Å². The first-order valence-electron chi connectivity index (χ1n) is 12.1. The summed E-state index contributed by atoms with van der Waals surface area (Å²) in [7, 11) is 0. The summed E-state index contributed by atoms with van der Waals surface area (Å²) in [5.41, 5.74) is 3.13. The first-order valence-corrected chi connectivity index (χ1v) is 12.1. The van der Waals surface area contributed by atoms with Crippen molar-refractivity contribution in [3.63, 3.8) is 0 Å². The highest BCUT2D eigenvalue weighted by molar-refractivity contribution is 5.97. The minimum atomic E-state index is -0.156. The first kappa shape index (κ1) is 22.5. The number of carbonyl (C=O) groups is 2. The van der Waals surface area contributed by atoms with Gasteiger partial charge >= 0.3 is 0 Å². The van der Waals surface area contributed by atoms with Crippen LogP contribution in [-0.4, -0.2) is 34.8 Å². The number of hydrogen-bond donors (Lipinski definition) is 1. The van der Waals surface area contributed by atoms with Gasteiger partial charge in [-0.25, -0.2) is 0 Å². The monoisotopic (exact) mass is 433 g/mol. The average molecular weight is 434 g/mol. The normalized spacial score (nSPS) is 21.9. The van der Waals surface area contributed by atoms with Crippen molar-refractivity contribution in [2.45, 2.75) is 58.9 Å². The van der Waals surface area contributed by atoms with Gasteiger partial charge in [0, 0.05) is 30.4 Å². The molecule has 170 valence electrons. The number of benzene rings is 1. The fourth-order valence-corrected chi connectivity index (χ4v) is 5.40. The highest BCUT2D eigenvalue weighted by Gasteiger charge is 2.31. The third-order valence-corrected chi connectivity index (χ3v) is 7.40. The minimum Gasteiger partial charge on any atom is -0.346 e. The Bertz CT molecular complexity index is 932. The van der Waals surface area contributed by atoms with Crippen LogP contribution in [0.1, 0.15) is 77.4 Å². The zero-order valence-electron chi connectivity index (χ0n) is 19.3. The van der Waals surface area contributed by atoms with Crippen LogP contribution in [0.5, 0.6) is 0 Å². The second-order valence-electron chi connectivity index (χ2n) is 9.69. The molecular formula is C27H35N3O2. The number of nitrogens with zero attached hydrogens (tertiary/aromatic N) is 2. The van der Waals surface area contributed by atoms with Crippen molar-refractivity contribution in [3.8, 4) is 0 Å². The van der Waals surface area contributed by atoms with E-state index in [9.17, 15) is 9.59 Å². The van der Waals surface area contributed by atoms with Crippen LogP contribution in [-0.2, 0) is 6.54 Å². The molecule has 2 unspecified atom stereocenters. The molecule has 0 bridgehead atoms. The quantitative estimate of drug-likeness (QED) is 0.722. The lowest BCUT2D eigenvalue weighted by Crippen LogP contribution is -2.40. The summed E-state index contributed by atoms with van der Waals surface area (Å²) >= 11 is 0. The van der Waals surface area contributed by atoms with E-state index in [1.165, 1.54) is 25.7 Å². The zero-order valence-corrected chi connectivity index (χ0v) is 19.3. The predicted octanol–water partition coefficient (Wildman–Crippen LogP) is 5.00. The number of carbonyl (C=O) groups excluding carboxylic acids is 2. The second-order valence-corrected chi connectivity index (χ2v) is 9.69. The Hall–Kier alpha value is -2.69. The van der Waals surface area contributed by atoms with Crippen LogP contribution in [0.4, 0.5) is 0 Å². The molecule has 0 spiro atoms. The summed E-state index contributed by atoms with van der Waals surface area (Å²) in [5, 5.41) is 2.91. The van der Waals surface area contributed by atoms with Gasteiger partial charge < -0.3 is 10.2 Å². The molecule has 1 N–H and O–H groups in total. The van der Waals surface area contributed by atoms with Crippen molar-refractivity contribution < 1.29 is 9.59 Å². The summed E-state index contributed by atoms with van der Waals surface area (Å²) in [5.74, 6) is 2.41. The Morgan fingerprint density at radius 1 is 1.00 bits per heavy atom. The first-order chi connectivity index (χ1) is 15.5. The van der Waals surface area contributed by atoms with Gasteiger partial charge in [-0.05, 0) is 79.8 Å². The van der Waals surface area contributed by atoms with Crippen LogP contribution in [0, 0.1) is 24.7 Å². The van der Waals surface area contributed by atoms with Gasteiger partial charge in [-0.15, -0.1) is 0 Å². The van der Waals surface area contributed by atoms with Gasteiger partial charge in [0.2, 0.25) is 0 Å². The topological polar surface area (TPSA) is 62.3 Å². The van der Waals surface area contributed by atoms with Crippen LogP contribution >= 0.6 is 0 Å². The Morgan fingerprint density at radius 3 is 2.41 bits per heavy atom. The van der Waals surface area contributed by atoms with Crippen LogP contribution in [0.3, 0.4) is 0 Å². The fourth-order valence-electron chi connectivity index (χ4n) is 5.40. The highest BCUT2D eigenvalue weighted by atomic mass is 16.2. The van der Waals surface area contributed by atoms with Gasteiger partial charge in [0.05, 0.1) is 12.2 Å². The molecule has 2 aromatic rings. The standard InChI is InChI=1S/C27H35N3O2/c1-19-5-3-7-24(17-19)21-12-15-30(16-13-21)27(32)23-10-8-22(9-11-23)26(31)29-18-25-20(2)6-4-14-28-25/h4,6,8-11,14,19,21,24H,3,5,7,12-13,15-18H2,1-2H3,(H,29,31). The fraction of sp³-hybridized carbons (Fsp3) is 0.519. The number of aryl methyl sites for hydroxylation is 1. The predicted molar refractivity (Wildman–Crippen MR) is 126 cm³/mol. The Morgan fingerprint density at radius 2 is 1.72 bits per heavy atom. The average Bonchev–Trinajstić information content (AvgIpc) is 2.83. The van der Waals surface area contributed by atoms with E-state index in [0.717, 1.165) is 54.9 Å². The van der Waals surface area contributed by atoms with Crippen LogP contribution in [0.25, 0.3) is 0 Å². The number of nitrogens with one attached hydrogen (secondary N) is 1. The number of pyridine rings is 1. The van der Waals surface area contributed by atoms with Crippen molar-refractivity contribution in [2.24, 2.45) is 17.8 Å². The van der Waals surface area contributed by atoms with Gasteiger partial charge in [0.15, 0.2) is 0 Å². The molecule has 2 atom stereocenters. The second kappa shape index (κ2) is 10.3. The molecule has 1 saturated carbocycles. The van der Waals surface area contributed by atoms with Gasteiger partial charge in [0.1, 0.15) is 0 Å². The molecule has 1 saturated heterocycles. The third-order valence-electron chi connectivity index (χ3n) is 7.40.